The van der Waals surface area contributed by atoms with Crippen LogP contribution in [0, 0.1) is 12.7 Å². The third-order valence-electron chi connectivity index (χ3n) is 1.89. The predicted molar refractivity (Wildman–Crippen MR) is 43.2 cm³/mol. The number of aryl methyl sites for hydroxylation is 2. The van der Waals surface area contributed by atoms with Crippen molar-refractivity contribution in [2.75, 3.05) is 0 Å². The van der Waals surface area contributed by atoms with Gasteiger partial charge in [0.1, 0.15) is 11.8 Å². The lowest BCUT2D eigenvalue weighted by atomic mass is 10.3. The molecule has 0 aliphatic carbocycles. The van der Waals surface area contributed by atoms with Crippen LogP contribution in [-0.2, 0) is 7.05 Å². The van der Waals surface area contributed by atoms with Crippen molar-refractivity contribution in [1.82, 2.24) is 14.5 Å². The summed E-state index contributed by atoms with van der Waals surface area (Å²) in [5, 5.41) is 0. The van der Waals surface area contributed by atoms with Crippen molar-refractivity contribution in [2.45, 2.75) is 6.92 Å². The predicted octanol–water partition coefficient (Wildman–Crippen LogP) is 1.42. The Morgan fingerprint density at radius 2 is 2.17 bits per heavy atom. The molecule has 0 bridgehead atoms. The van der Waals surface area contributed by atoms with E-state index in [4.69, 9.17) is 0 Å². The summed E-state index contributed by atoms with van der Waals surface area (Å²) in [6, 6.07) is 0. The zero-order valence-corrected chi connectivity index (χ0v) is 6.87. The highest BCUT2D eigenvalue weighted by molar-refractivity contribution is 5.78. The monoisotopic (exact) mass is 165 g/mol. The van der Waals surface area contributed by atoms with Gasteiger partial charge in [-0.15, -0.1) is 0 Å². The largest absolute Gasteiger partial charge is 0.345 e. The third kappa shape index (κ3) is 0.809. The summed E-state index contributed by atoms with van der Waals surface area (Å²) >= 11 is 0. The van der Waals surface area contributed by atoms with Crippen LogP contribution < -0.4 is 0 Å². The van der Waals surface area contributed by atoms with Crippen molar-refractivity contribution in [3.8, 4) is 0 Å². The molecule has 0 amide bonds. The second-order valence-corrected chi connectivity index (χ2v) is 2.74. The van der Waals surface area contributed by atoms with Crippen LogP contribution in [0.3, 0.4) is 0 Å². The highest BCUT2D eigenvalue weighted by atomic mass is 19.1. The van der Waals surface area contributed by atoms with Crippen LogP contribution in [0.4, 0.5) is 4.39 Å². The Morgan fingerprint density at radius 1 is 1.42 bits per heavy atom. The van der Waals surface area contributed by atoms with Gasteiger partial charge in [0, 0.05) is 13.2 Å². The summed E-state index contributed by atoms with van der Waals surface area (Å²) in [4.78, 5) is 7.84. The van der Waals surface area contributed by atoms with Gasteiger partial charge in [0.25, 0.3) is 0 Å². The van der Waals surface area contributed by atoms with E-state index in [1.807, 2.05) is 6.92 Å². The van der Waals surface area contributed by atoms with E-state index in [2.05, 4.69) is 9.97 Å². The topological polar surface area (TPSA) is 30.7 Å². The maximum atomic E-state index is 13.1. The Bertz CT molecular complexity index is 433. The Kier molecular flexibility index (Phi) is 1.36. The lowest BCUT2D eigenvalue weighted by Gasteiger charge is -1.96. The van der Waals surface area contributed by atoms with Gasteiger partial charge in [0.15, 0.2) is 5.82 Å². The van der Waals surface area contributed by atoms with Gasteiger partial charge >= 0.3 is 0 Å². The first-order valence-corrected chi connectivity index (χ1v) is 3.62. The molecule has 0 unspecified atom stereocenters. The number of fused-ring (bicyclic) bond motifs is 1. The molecular formula is C8H8FN3. The first-order valence-electron chi connectivity index (χ1n) is 3.62. The summed E-state index contributed by atoms with van der Waals surface area (Å²) in [6.07, 6.45) is 2.78. The maximum Gasteiger partial charge on any atom is 0.167 e. The molecule has 2 aromatic rings. The average Bonchev–Trinajstić information content (AvgIpc) is 2.29. The molecule has 2 aromatic heterocycles. The molecule has 0 aliphatic heterocycles. The van der Waals surface area contributed by atoms with Gasteiger partial charge in [-0.05, 0) is 6.92 Å². The molecule has 0 N–H and O–H groups in total. The molecule has 2 heterocycles. The van der Waals surface area contributed by atoms with Gasteiger partial charge in [0.2, 0.25) is 0 Å². The number of aromatic nitrogens is 3. The summed E-state index contributed by atoms with van der Waals surface area (Å²) in [5.41, 5.74) is 1.95. The van der Waals surface area contributed by atoms with Crippen LogP contribution in [0.1, 0.15) is 5.69 Å². The minimum absolute atomic E-state index is 0.294. The summed E-state index contributed by atoms with van der Waals surface area (Å²) in [7, 11) is 1.78. The van der Waals surface area contributed by atoms with Gasteiger partial charge in [-0.2, -0.15) is 0 Å². The Morgan fingerprint density at radius 3 is 2.83 bits per heavy atom. The highest BCUT2D eigenvalue weighted by Crippen LogP contribution is 2.17. The second kappa shape index (κ2) is 2.27. The standard InChI is InChI=1S/C8H8FN3/c1-5-8-7(11-4-10-5)6(9)3-12(8)2/h3-4H,1-2H3. The van der Waals surface area contributed by atoms with Crippen molar-refractivity contribution >= 4 is 11.0 Å². The van der Waals surface area contributed by atoms with Crippen molar-refractivity contribution in [3.63, 3.8) is 0 Å². The smallest absolute Gasteiger partial charge is 0.167 e. The lowest BCUT2D eigenvalue weighted by molar-refractivity contribution is 0.631. The van der Waals surface area contributed by atoms with E-state index in [0.717, 1.165) is 11.2 Å². The molecule has 0 aliphatic rings. The number of hydrogen-bond donors (Lipinski definition) is 0. The molecule has 62 valence electrons. The number of halogens is 1. The fourth-order valence-corrected chi connectivity index (χ4v) is 1.36. The molecule has 3 nitrogen and oxygen atoms in total. The fraction of sp³-hybridized carbons (Fsp3) is 0.250. The molecule has 0 spiro atoms. The third-order valence-corrected chi connectivity index (χ3v) is 1.89. The summed E-state index contributed by atoms with van der Waals surface area (Å²) in [6.45, 7) is 1.84. The van der Waals surface area contributed by atoms with Crippen LogP contribution in [-0.4, -0.2) is 14.5 Å². The summed E-state index contributed by atoms with van der Waals surface area (Å²) < 4.78 is 14.8. The number of hydrogen-bond acceptors (Lipinski definition) is 2. The van der Waals surface area contributed by atoms with Gasteiger partial charge in [0.05, 0.1) is 11.2 Å². The lowest BCUT2D eigenvalue weighted by Crippen LogP contribution is -1.91. The average molecular weight is 165 g/mol. The van der Waals surface area contributed by atoms with Crippen molar-refractivity contribution in [1.29, 1.82) is 0 Å². The molecule has 0 atom stereocenters. The second-order valence-electron chi connectivity index (χ2n) is 2.74. The molecule has 0 aromatic carbocycles. The summed E-state index contributed by atoms with van der Waals surface area (Å²) in [5.74, 6) is -0.294. The molecule has 12 heavy (non-hydrogen) atoms. The first kappa shape index (κ1) is 7.21. The number of nitrogens with zero attached hydrogens (tertiary/aromatic N) is 3. The van der Waals surface area contributed by atoms with E-state index >= 15 is 0 Å². The zero-order chi connectivity index (χ0) is 8.72. The van der Waals surface area contributed by atoms with Crippen molar-refractivity contribution in [2.24, 2.45) is 7.05 Å². The van der Waals surface area contributed by atoms with E-state index in [0.29, 0.717) is 5.52 Å². The molecule has 2 rings (SSSR count). The van der Waals surface area contributed by atoms with Crippen LogP contribution in [0.25, 0.3) is 11.0 Å². The first-order chi connectivity index (χ1) is 5.70. The molecular weight excluding hydrogens is 157 g/mol. The van der Waals surface area contributed by atoms with E-state index in [9.17, 15) is 4.39 Å². The van der Waals surface area contributed by atoms with E-state index < -0.39 is 0 Å². The van der Waals surface area contributed by atoms with E-state index in [-0.39, 0.29) is 5.82 Å². The highest BCUT2D eigenvalue weighted by Gasteiger charge is 2.08. The SMILES string of the molecule is Cc1ncnc2c(F)cn(C)c12. The van der Waals surface area contributed by atoms with Gasteiger partial charge in [-0.25, -0.2) is 14.4 Å². The minimum Gasteiger partial charge on any atom is -0.345 e. The van der Waals surface area contributed by atoms with Crippen molar-refractivity contribution in [3.05, 3.63) is 24.0 Å². The van der Waals surface area contributed by atoms with Crippen LogP contribution in [0.15, 0.2) is 12.5 Å². The normalized spacial score (nSPS) is 10.9. The van der Waals surface area contributed by atoms with Gasteiger partial charge in [-0.1, -0.05) is 0 Å². The quantitative estimate of drug-likeness (QED) is 0.591. The van der Waals surface area contributed by atoms with Crippen molar-refractivity contribution < 1.29 is 4.39 Å². The zero-order valence-electron chi connectivity index (χ0n) is 6.87. The molecule has 0 saturated heterocycles. The molecule has 0 saturated carbocycles. The van der Waals surface area contributed by atoms with E-state index in [1.54, 1.807) is 11.6 Å². The Hall–Kier alpha value is -1.45. The van der Waals surface area contributed by atoms with Crippen LogP contribution in [0.2, 0.25) is 0 Å². The van der Waals surface area contributed by atoms with Gasteiger partial charge in [-0.3, -0.25) is 0 Å². The van der Waals surface area contributed by atoms with Crippen LogP contribution >= 0.6 is 0 Å². The molecule has 4 heteroatoms. The molecule has 0 fully saturated rings. The van der Waals surface area contributed by atoms with E-state index in [1.165, 1.54) is 12.5 Å². The maximum absolute atomic E-state index is 13.1. The Balaban J connectivity index is 2.99. The number of rotatable bonds is 0. The van der Waals surface area contributed by atoms with Gasteiger partial charge < -0.3 is 4.57 Å². The molecule has 0 radical (unpaired) electrons. The fourth-order valence-electron chi connectivity index (χ4n) is 1.36. The Labute approximate surface area is 68.9 Å². The minimum atomic E-state index is -0.294. The van der Waals surface area contributed by atoms with Crippen LogP contribution in [0.5, 0.6) is 0 Å².